The highest BCUT2D eigenvalue weighted by molar-refractivity contribution is 7.09. The van der Waals surface area contributed by atoms with Crippen molar-refractivity contribution < 1.29 is 0 Å². The van der Waals surface area contributed by atoms with E-state index in [0.717, 1.165) is 13.0 Å². The Morgan fingerprint density at radius 1 is 1.50 bits per heavy atom. The quantitative estimate of drug-likeness (QED) is 0.828. The van der Waals surface area contributed by atoms with Crippen molar-refractivity contribution in [2.75, 3.05) is 20.1 Å². The molecule has 0 aliphatic heterocycles. The van der Waals surface area contributed by atoms with Gasteiger partial charge in [-0.15, -0.1) is 11.3 Å². The molecule has 0 aromatic carbocycles. The van der Waals surface area contributed by atoms with Crippen molar-refractivity contribution in [2.24, 2.45) is 11.7 Å². The molecule has 0 bridgehead atoms. The highest BCUT2D eigenvalue weighted by Crippen LogP contribution is 2.22. The Kier molecular flexibility index (Phi) is 4.96. The third-order valence-corrected chi connectivity index (χ3v) is 4.74. The van der Waals surface area contributed by atoms with Crippen LogP contribution in [0, 0.1) is 5.92 Å². The van der Waals surface area contributed by atoms with E-state index in [4.69, 9.17) is 5.73 Å². The summed E-state index contributed by atoms with van der Waals surface area (Å²) in [6.07, 6.45) is 1.12. The van der Waals surface area contributed by atoms with Gasteiger partial charge in [0.15, 0.2) is 0 Å². The smallest absolute Gasteiger partial charge is 0.0323 e. The summed E-state index contributed by atoms with van der Waals surface area (Å²) in [6, 6.07) is 4.32. The fraction of sp³-hybridized carbons (Fsp3) is 0.692. The Labute approximate surface area is 103 Å². The third-order valence-electron chi connectivity index (χ3n) is 3.80. The Hall–Kier alpha value is -0.380. The van der Waals surface area contributed by atoms with Crippen molar-refractivity contribution >= 4 is 11.3 Å². The number of likely N-dealkylation sites (N-methyl/N-ethyl adjacent to an activating group) is 1. The highest BCUT2D eigenvalue weighted by Gasteiger charge is 2.30. The number of nitrogens with two attached hydrogens (primary N) is 1. The van der Waals surface area contributed by atoms with Crippen molar-refractivity contribution in [1.29, 1.82) is 0 Å². The lowest BCUT2D eigenvalue weighted by atomic mass is 9.87. The molecule has 0 radical (unpaired) electrons. The molecule has 1 aromatic heterocycles. The number of hydrogen-bond donors (Lipinski definition) is 1. The van der Waals surface area contributed by atoms with Gasteiger partial charge in [-0.2, -0.15) is 0 Å². The van der Waals surface area contributed by atoms with Gasteiger partial charge in [-0.05, 0) is 37.8 Å². The molecule has 0 spiro atoms. The maximum atomic E-state index is 5.92. The van der Waals surface area contributed by atoms with E-state index in [2.05, 4.69) is 50.2 Å². The topological polar surface area (TPSA) is 29.3 Å². The van der Waals surface area contributed by atoms with Gasteiger partial charge in [0.25, 0.3) is 0 Å². The van der Waals surface area contributed by atoms with Gasteiger partial charge in [0, 0.05) is 23.5 Å². The zero-order chi connectivity index (χ0) is 12.2. The molecule has 0 saturated carbocycles. The minimum atomic E-state index is 0.108. The first-order chi connectivity index (χ1) is 7.50. The van der Waals surface area contributed by atoms with Crippen LogP contribution < -0.4 is 5.73 Å². The Morgan fingerprint density at radius 2 is 2.19 bits per heavy atom. The molecule has 1 rings (SSSR count). The Morgan fingerprint density at radius 3 is 2.62 bits per heavy atom. The molecule has 1 heterocycles. The van der Waals surface area contributed by atoms with Crippen LogP contribution >= 0.6 is 11.3 Å². The second-order valence-corrected chi connectivity index (χ2v) is 6.00. The molecule has 0 fully saturated rings. The van der Waals surface area contributed by atoms with Gasteiger partial charge in [0.2, 0.25) is 0 Å². The van der Waals surface area contributed by atoms with Crippen molar-refractivity contribution in [3.8, 4) is 0 Å². The first-order valence-electron chi connectivity index (χ1n) is 5.94. The number of hydrogen-bond acceptors (Lipinski definition) is 3. The summed E-state index contributed by atoms with van der Waals surface area (Å²) in [5.74, 6) is 0.575. The van der Waals surface area contributed by atoms with E-state index in [-0.39, 0.29) is 5.54 Å². The normalized spacial score (nSPS) is 15.7. The van der Waals surface area contributed by atoms with E-state index in [1.54, 1.807) is 0 Å². The molecular formula is C13H24N2S. The van der Waals surface area contributed by atoms with Gasteiger partial charge in [-0.25, -0.2) is 0 Å². The fourth-order valence-electron chi connectivity index (χ4n) is 1.82. The van der Waals surface area contributed by atoms with Gasteiger partial charge in [0.05, 0.1) is 0 Å². The van der Waals surface area contributed by atoms with E-state index in [1.807, 2.05) is 11.3 Å². The Bertz CT molecular complexity index is 295. The van der Waals surface area contributed by atoms with Crippen LogP contribution in [0.2, 0.25) is 0 Å². The monoisotopic (exact) mass is 240 g/mol. The summed E-state index contributed by atoms with van der Waals surface area (Å²) < 4.78 is 0. The molecule has 2 nitrogen and oxygen atoms in total. The average molecular weight is 240 g/mol. The largest absolute Gasteiger partial charge is 0.329 e. The van der Waals surface area contributed by atoms with Crippen molar-refractivity contribution in [1.82, 2.24) is 4.90 Å². The lowest BCUT2D eigenvalue weighted by Crippen LogP contribution is -2.54. The van der Waals surface area contributed by atoms with Crippen LogP contribution in [0.25, 0.3) is 0 Å². The minimum absolute atomic E-state index is 0.108. The molecular weight excluding hydrogens is 216 g/mol. The minimum Gasteiger partial charge on any atom is -0.329 e. The summed E-state index contributed by atoms with van der Waals surface area (Å²) in [7, 11) is 2.18. The number of nitrogens with zero attached hydrogens (tertiary/aromatic N) is 1. The van der Waals surface area contributed by atoms with Crippen LogP contribution in [-0.4, -0.2) is 30.6 Å². The van der Waals surface area contributed by atoms with E-state index in [1.165, 1.54) is 4.88 Å². The predicted octanol–water partition coefficient (Wildman–Crippen LogP) is 2.60. The van der Waals surface area contributed by atoms with E-state index in [9.17, 15) is 0 Å². The van der Waals surface area contributed by atoms with E-state index in [0.29, 0.717) is 12.5 Å². The first kappa shape index (κ1) is 13.7. The van der Waals surface area contributed by atoms with Crippen LogP contribution in [-0.2, 0) is 6.42 Å². The van der Waals surface area contributed by atoms with Gasteiger partial charge < -0.3 is 5.73 Å². The van der Waals surface area contributed by atoms with Crippen LogP contribution in [0.3, 0.4) is 0 Å². The lowest BCUT2D eigenvalue weighted by Gasteiger charge is -2.41. The molecule has 0 saturated heterocycles. The van der Waals surface area contributed by atoms with Crippen LogP contribution in [0.15, 0.2) is 17.5 Å². The van der Waals surface area contributed by atoms with E-state index >= 15 is 0 Å². The number of thiophene rings is 1. The first-order valence-corrected chi connectivity index (χ1v) is 6.82. The third kappa shape index (κ3) is 3.06. The van der Waals surface area contributed by atoms with Crippen molar-refractivity contribution in [3.63, 3.8) is 0 Å². The molecule has 1 aromatic rings. The molecule has 1 unspecified atom stereocenters. The van der Waals surface area contributed by atoms with Crippen molar-refractivity contribution in [3.05, 3.63) is 22.4 Å². The average Bonchev–Trinajstić information content (AvgIpc) is 2.77. The van der Waals surface area contributed by atoms with Gasteiger partial charge in [-0.1, -0.05) is 19.9 Å². The summed E-state index contributed by atoms with van der Waals surface area (Å²) in [4.78, 5) is 3.85. The molecule has 0 aliphatic rings. The van der Waals surface area contributed by atoms with Crippen LogP contribution in [0.5, 0.6) is 0 Å². The second kappa shape index (κ2) is 5.80. The maximum absolute atomic E-state index is 5.92. The molecule has 16 heavy (non-hydrogen) atoms. The molecule has 1 atom stereocenters. The van der Waals surface area contributed by atoms with Crippen molar-refractivity contribution in [2.45, 2.75) is 32.7 Å². The summed E-state index contributed by atoms with van der Waals surface area (Å²) in [6.45, 7) is 8.53. The predicted molar refractivity (Wildman–Crippen MR) is 73.0 cm³/mol. The van der Waals surface area contributed by atoms with Gasteiger partial charge >= 0.3 is 0 Å². The SMILES string of the molecule is CC(C)C(C)(CN)N(C)CCc1cccs1. The van der Waals surface area contributed by atoms with Gasteiger partial charge in [0.1, 0.15) is 0 Å². The summed E-state index contributed by atoms with van der Waals surface area (Å²) >= 11 is 1.83. The molecule has 92 valence electrons. The van der Waals surface area contributed by atoms with Gasteiger partial charge in [-0.3, -0.25) is 4.90 Å². The van der Waals surface area contributed by atoms with Crippen LogP contribution in [0.4, 0.5) is 0 Å². The molecule has 0 amide bonds. The maximum Gasteiger partial charge on any atom is 0.0323 e. The standard InChI is InChI=1S/C13H24N2S/c1-11(2)13(3,10-14)15(4)8-7-12-6-5-9-16-12/h5-6,9,11H,7-8,10,14H2,1-4H3. The van der Waals surface area contributed by atoms with E-state index < -0.39 is 0 Å². The summed E-state index contributed by atoms with van der Waals surface area (Å²) in [5.41, 5.74) is 6.03. The number of rotatable bonds is 6. The molecule has 0 aliphatic carbocycles. The highest BCUT2D eigenvalue weighted by atomic mass is 32.1. The zero-order valence-corrected chi connectivity index (χ0v) is 11.7. The second-order valence-electron chi connectivity index (χ2n) is 4.97. The molecule has 2 N–H and O–H groups in total. The fourth-order valence-corrected chi connectivity index (χ4v) is 2.52. The lowest BCUT2D eigenvalue weighted by molar-refractivity contribution is 0.0965. The summed E-state index contributed by atoms with van der Waals surface area (Å²) in [5, 5.41) is 2.14. The van der Waals surface area contributed by atoms with Crippen LogP contribution in [0.1, 0.15) is 25.6 Å². The Balaban J connectivity index is 2.53. The molecule has 3 heteroatoms. The zero-order valence-electron chi connectivity index (χ0n) is 10.9.